The van der Waals surface area contributed by atoms with Crippen molar-refractivity contribution >= 4 is 16.9 Å². The highest BCUT2D eigenvalue weighted by molar-refractivity contribution is 5.84. The Morgan fingerprint density at radius 3 is 2.92 bits per heavy atom. The number of carbonyl (C=O) groups is 1. The van der Waals surface area contributed by atoms with Crippen molar-refractivity contribution in [1.82, 2.24) is 19.4 Å². The van der Waals surface area contributed by atoms with E-state index in [1.807, 2.05) is 29.3 Å². The first-order valence-corrected chi connectivity index (χ1v) is 9.38. The number of hydrogen-bond acceptors (Lipinski definition) is 3. The fourth-order valence-corrected chi connectivity index (χ4v) is 3.89. The van der Waals surface area contributed by atoms with Crippen LogP contribution in [-0.4, -0.2) is 37.9 Å². The second-order valence-corrected chi connectivity index (χ2v) is 7.02. The molecule has 4 rings (SSSR count). The van der Waals surface area contributed by atoms with Crippen LogP contribution < -0.4 is 0 Å². The lowest BCUT2D eigenvalue weighted by Gasteiger charge is -2.33. The summed E-state index contributed by atoms with van der Waals surface area (Å²) in [6, 6.07) is 10.5. The lowest BCUT2D eigenvalue weighted by atomic mass is 10.0. The first kappa shape index (κ1) is 16.8. The monoisotopic (exact) mass is 348 g/mol. The minimum atomic E-state index is 0.243. The Bertz CT molecular complexity index is 903. The molecule has 5 nitrogen and oxygen atoms in total. The number of carbonyl (C=O) groups excluding carboxylic acids is 1. The van der Waals surface area contributed by atoms with Crippen LogP contribution in [0.5, 0.6) is 0 Å². The first-order chi connectivity index (χ1) is 12.7. The summed E-state index contributed by atoms with van der Waals surface area (Å²) in [6.07, 6.45) is 9.39. The molecule has 1 fully saturated rings. The largest absolute Gasteiger partial charge is 0.340 e. The van der Waals surface area contributed by atoms with Gasteiger partial charge in [0.2, 0.25) is 5.91 Å². The lowest BCUT2D eigenvalue weighted by Crippen LogP contribution is -2.42. The molecule has 0 bridgehead atoms. The van der Waals surface area contributed by atoms with Crippen LogP contribution in [-0.2, 0) is 11.3 Å². The number of hydrogen-bond donors (Lipinski definition) is 0. The predicted molar refractivity (Wildman–Crippen MR) is 103 cm³/mol. The van der Waals surface area contributed by atoms with E-state index in [0.29, 0.717) is 19.0 Å². The Morgan fingerprint density at radius 2 is 2.12 bits per heavy atom. The molecule has 0 radical (unpaired) electrons. The zero-order chi connectivity index (χ0) is 17.9. The molecule has 0 aliphatic carbocycles. The number of fused-ring (bicyclic) bond motifs is 1. The highest BCUT2D eigenvalue weighted by Crippen LogP contribution is 2.27. The Kier molecular flexibility index (Phi) is 4.69. The third-order valence-corrected chi connectivity index (χ3v) is 5.29. The Hall–Kier alpha value is -2.69. The first-order valence-electron chi connectivity index (χ1n) is 9.38. The van der Waals surface area contributed by atoms with E-state index in [1.54, 1.807) is 12.4 Å². The minimum absolute atomic E-state index is 0.243. The van der Waals surface area contributed by atoms with E-state index >= 15 is 0 Å². The molecule has 0 N–H and O–H groups in total. The molecule has 1 atom stereocenters. The topological polar surface area (TPSA) is 51.0 Å². The molecule has 0 aromatic carbocycles. The number of likely N-dealkylation sites (tertiary alicyclic amines) is 1. The summed E-state index contributed by atoms with van der Waals surface area (Å²) in [6.45, 7) is 3.68. The summed E-state index contributed by atoms with van der Waals surface area (Å²) in [5.74, 6) is 0.243. The third kappa shape index (κ3) is 3.21. The maximum atomic E-state index is 12.8. The van der Waals surface area contributed by atoms with Gasteiger partial charge in [-0.15, -0.1) is 0 Å². The van der Waals surface area contributed by atoms with Gasteiger partial charge in [-0.05, 0) is 56.5 Å². The SMILES string of the molecule is C[C@@H]1CCCCN1C(=O)CCn1c(-c2cccnc2)cc2cccnc21. The maximum absolute atomic E-state index is 12.8. The van der Waals surface area contributed by atoms with Gasteiger partial charge in [-0.1, -0.05) is 0 Å². The van der Waals surface area contributed by atoms with Crippen LogP contribution in [0.15, 0.2) is 48.9 Å². The van der Waals surface area contributed by atoms with Gasteiger partial charge in [0.25, 0.3) is 0 Å². The number of aromatic nitrogens is 3. The van der Waals surface area contributed by atoms with Crippen LogP contribution in [0, 0.1) is 0 Å². The van der Waals surface area contributed by atoms with E-state index < -0.39 is 0 Å². The van der Waals surface area contributed by atoms with Crippen LogP contribution >= 0.6 is 0 Å². The molecule has 5 heteroatoms. The van der Waals surface area contributed by atoms with Crippen LogP contribution in [0.25, 0.3) is 22.3 Å². The number of amides is 1. The van der Waals surface area contributed by atoms with Crippen molar-refractivity contribution in [2.45, 2.75) is 45.2 Å². The Morgan fingerprint density at radius 1 is 1.23 bits per heavy atom. The Balaban J connectivity index is 1.62. The normalized spacial score (nSPS) is 17.6. The molecule has 0 unspecified atom stereocenters. The van der Waals surface area contributed by atoms with Gasteiger partial charge in [0, 0.05) is 55.1 Å². The molecule has 26 heavy (non-hydrogen) atoms. The minimum Gasteiger partial charge on any atom is -0.340 e. The van der Waals surface area contributed by atoms with E-state index in [4.69, 9.17) is 0 Å². The molecule has 1 aliphatic rings. The molecule has 3 aromatic heterocycles. The van der Waals surface area contributed by atoms with Gasteiger partial charge in [0.1, 0.15) is 5.65 Å². The van der Waals surface area contributed by atoms with Crippen molar-refractivity contribution in [2.24, 2.45) is 0 Å². The van der Waals surface area contributed by atoms with Gasteiger partial charge in [0.05, 0.1) is 5.69 Å². The quantitative estimate of drug-likeness (QED) is 0.719. The fourth-order valence-electron chi connectivity index (χ4n) is 3.89. The van der Waals surface area contributed by atoms with Gasteiger partial charge in [0.15, 0.2) is 0 Å². The number of piperidine rings is 1. The van der Waals surface area contributed by atoms with Crippen molar-refractivity contribution in [3.8, 4) is 11.3 Å². The van der Waals surface area contributed by atoms with Gasteiger partial charge < -0.3 is 9.47 Å². The summed E-state index contributed by atoms with van der Waals surface area (Å²) >= 11 is 0. The standard InChI is InChI=1S/C21H24N4O/c1-16-6-2-3-12-24(16)20(26)9-13-25-19(18-8-4-10-22-15-18)14-17-7-5-11-23-21(17)25/h4-5,7-8,10-11,14-16H,2-3,6,9,12-13H2,1H3/t16-/m1/s1. The smallest absolute Gasteiger partial charge is 0.224 e. The molecular formula is C21H24N4O. The molecule has 0 spiro atoms. The van der Waals surface area contributed by atoms with Crippen LogP contribution in [0.4, 0.5) is 0 Å². The van der Waals surface area contributed by atoms with Crippen molar-refractivity contribution in [1.29, 1.82) is 0 Å². The van der Waals surface area contributed by atoms with Gasteiger partial charge in [-0.3, -0.25) is 9.78 Å². The predicted octanol–water partition coefficient (Wildman–Crippen LogP) is 3.89. The molecule has 1 aliphatic heterocycles. The lowest BCUT2D eigenvalue weighted by molar-refractivity contribution is -0.134. The van der Waals surface area contributed by atoms with Crippen LogP contribution in [0.2, 0.25) is 0 Å². The van der Waals surface area contributed by atoms with E-state index in [0.717, 1.165) is 41.7 Å². The summed E-state index contributed by atoms with van der Waals surface area (Å²) in [5.41, 5.74) is 3.03. The average Bonchev–Trinajstić information content (AvgIpc) is 3.06. The van der Waals surface area contributed by atoms with Gasteiger partial charge in [-0.2, -0.15) is 0 Å². The molecule has 134 valence electrons. The van der Waals surface area contributed by atoms with Crippen molar-refractivity contribution < 1.29 is 4.79 Å². The molecule has 1 saturated heterocycles. The summed E-state index contributed by atoms with van der Waals surface area (Å²) in [4.78, 5) is 23.6. The molecule has 4 heterocycles. The number of pyridine rings is 2. The summed E-state index contributed by atoms with van der Waals surface area (Å²) in [7, 11) is 0. The second-order valence-electron chi connectivity index (χ2n) is 7.02. The average molecular weight is 348 g/mol. The van der Waals surface area contributed by atoms with Crippen LogP contribution in [0.1, 0.15) is 32.6 Å². The van der Waals surface area contributed by atoms with Gasteiger partial charge >= 0.3 is 0 Å². The van der Waals surface area contributed by atoms with Crippen molar-refractivity contribution in [3.63, 3.8) is 0 Å². The number of rotatable bonds is 4. The highest BCUT2D eigenvalue weighted by Gasteiger charge is 2.23. The van der Waals surface area contributed by atoms with Crippen molar-refractivity contribution in [2.75, 3.05) is 6.54 Å². The highest BCUT2D eigenvalue weighted by atomic mass is 16.2. The molecular weight excluding hydrogens is 324 g/mol. The molecule has 3 aromatic rings. The zero-order valence-electron chi connectivity index (χ0n) is 15.1. The molecule has 0 saturated carbocycles. The van der Waals surface area contributed by atoms with E-state index in [1.165, 1.54) is 6.42 Å². The maximum Gasteiger partial charge on any atom is 0.224 e. The second kappa shape index (κ2) is 7.28. The van der Waals surface area contributed by atoms with Crippen molar-refractivity contribution in [3.05, 3.63) is 48.9 Å². The summed E-state index contributed by atoms with van der Waals surface area (Å²) < 4.78 is 2.15. The van der Waals surface area contributed by atoms with Crippen LogP contribution in [0.3, 0.4) is 0 Å². The Labute approximate surface area is 153 Å². The zero-order valence-corrected chi connectivity index (χ0v) is 15.1. The third-order valence-electron chi connectivity index (χ3n) is 5.29. The van der Waals surface area contributed by atoms with Gasteiger partial charge in [-0.25, -0.2) is 4.98 Å². The number of nitrogens with zero attached hydrogens (tertiary/aromatic N) is 4. The number of aryl methyl sites for hydroxylation is 1. The van der Waals surface area contributed by atoms with E-state index in [9.17, 15) is 4.79 Å². The fraction of sp³-hybridized carbons (Fsp3) is 0.381. The summed E-state index contributed by atoms with van der Waals surface area (Å²) in [5, 5.41) is 1.09. The molecule has 1 amide bonds. The van der Waals surface area contributed by atoms with E-state index in [-0.39, 0.29) is 5.91 Å². The van der Waals surface area contributed by atoms with E-state index in [2.05, 4.69) is 33.6 Å².